The number of halogens is 1. The maximum atomic E-state index is 11.8. The van der Waals surface area contributed by atoms with Gasteiger partial charge in [0, 0.05) is 31.2 Å². The number of hydrogen-bond donors (Lipinski definition) is 1. The molecule has 0 fully saturated rings. The van der Waals surface area contributed by atoms with Crippen LogP contribution in [0.4, 0.5) is 0 Å². The second-order valence-corrected chi connectivity index (χ2v) is 4.41. The van der Waals surface area contributed by atoms with Gasteiger partial charge in [0.25, 0.3) is 5.91 Å². The van der Waals surface area contributed by atoms with Gasteiger partial charge in [0.1, 0.15) is 5.69 Å². The minimum atomic E-state index is -0.238. The van der Waals surface area contributed by atoms with Crippen LogP contribution in [-0.4, -0.2) is 32.0 Å². The number of rotatable bonds is 5. The van der Waals surface area contributed by atoms with Crippen LogP contribution in [0.1, 0.15) is 22.6 Å². The largest absolute Gasteiger partial charge is 0.351 e. The maximum absolute atomic E-state index is 11.8. The molecule has 0 unspecified atom stereocenters. The van der Waals surface area contributed by atoms with Crippen LogP contribution in [0.15, 0.2) is 24.8 Å². The van der Waals surface area contributed by atoms with Crippen molar-refractivity contribution in [1.29, 1.82) is 0 Å². The molecule has 2 rings (SSSR count). The van der Waals surface area contributed by atoms with E-state index in [1.807, 2.05) is 10.8 Å². The zero-order valence-corrected chi connectivity index (χ0v) is 11.3. The lowest BCUT2D eigenvalue weighted by Gasteiger charge is -2.06. The van der Waals surface area contributed by atoms with Crippen LogP contribution >= 0.6 is 11.6 Å². The van der Waals surface area contributed by atoms with Crippen molar-refractivity contribution in [3.63, 3.8) is 0 Å². The third-order valence-electron chi connectivity index (χ3n) is 2.50. The Kier molecular flexibility index (Phi) is 4.46. The standard InChI is InChI=1S/C12H14ClN5O/c1-9-7-10(17-12(13)16-9)11(19)15-3-2-5-18-6-4-14-8-18/h4,6-8H,2-3,5H2,1H3,(H,15,19). The van der Waals surface area contributed by atoms with Crippen molar-refractivity contribution in [1.82, 2.24) is 24.8 Å². The summed E-state index contributed by atoms with van der Waals surface area (Å²) in [4.78, 5) is 23.6. The molecule has 0 saturated heterocycles. The number of aryl methyl sites for hydroxylation is 2. The Morgan fingerprint density at radius 1 is 1.47 bits per heavy atom. The highest BCUT2D eigenvalue weighted by Gasteiger charge is 2.08. The fourth-order valence-corrected chi connectivity index (χ4v) is 1.85. The minimum absolute atomic E-state index is 0.0866. The molecule has 2 heterocycles. The quantitative estimate of drug-likeness (QED) is 0.664. The molecule has 0 spiro atoms. The fourth-order valence-electron chi connectivity index (χ4n) is 1.62. The van der Waals surface area contributed by atoms with Gasteiger partial charge in [-0.05, 0) is 31.0 Å². The van der Waals surface area contributed by atoms with E-state index in [2.05, 4.69) is 20.3 Å². The highest BCUT2D eigenvalue weighted by molar-refractivity contribution is 6.28. The van der Waals surface area contributed by atoms with E-state index in [0.717, 1.165) is 13.0 Å². The molecule has 2 aromatic rings. The lowest BCUT2D eigenvalue weighted by molar-refractivity contribution is 0.0947. The zero-order chi connectivity index (χ0) is 13.7. The molecule has 6 nitrogen and oxygen atoms in total. The molecule has 0 radical (unpaired) electrons. The predicted molar refractivity (Wildman–Crippen MR) is 71.0 cm³/mol. The predicted octanol–water partition coefficient (Wildman–Crippen LogP) is 1.46. The Morgan fingerprint density at radius 2 is 2.32 bits per heavy atom. The van der Waals surface area contributed by atoms with Gasteiger partial charge in [0.05, 0.1) is 6.33 Å². The summed E-state index contributed by atoms with van der Waals surface area (Å²) in [6.45, 7) is 3.14. The normalized spacial score (nSPS) is 10.4. The van der Waals surface area contributed by atoms with Crippen LogP contribution in [0, 0.1) is 6.92 Å². The Labute approximate surface area is 115 Å². The first-order valence-corrected chi connectivity index (χ1v) is 6.28. The topological polar surface area (TPSA) is 72.7 Å². The molecule has 19 heavy (non-hydrogen) atoms. The summed E-state index contributed by atoms with van der Waals surface area (Å²) < 4.78 is 1.96. The van der Waals surface area contributed by atoms with Crippen molar-refractivity contribution in [2.45, 2.75) is 19.9 Å². The molecule has 1 N–H and O–H groups in total. The number of imidazole rings is 1. The number of nitrogens with one attached hydrogen (secondary N) is 1. The van der Waals surface area contributed by atoms with E-state index in [4.69, 9.17) is 11.6 Å². The van der Waals surface area contributed by atoms with Crippen molar-refractivity contribution >= 4 is 17.5 Å². The third kappa shape index (κ3) is 4.03. The Hall–Kier alpha value is -1.95. The summed E-state index contributed by atoms with van der Waals surface area (Å²) in [6.07, 6.45) is 6.18. The molecule has 0 aromatic carbocycles. The SMILES string of the molecule is Cc1cc(C(=O)NCCCn2ccnc2)nc(Cl)n1. The number of aromatic nitrogens is 4. The van der Waals surface area contributed by atoms with Crippen LogP contribution in [0.25, 0.3) is 0 Å². The Morgan fingerprint density at radius 3 is 3.00 bits per heavy atom. The van der Waals surface area contributed by atoms with E-state index in [1.165, 1.54) is 0 Å². The summed E-state index contributed by atoms with van der Waals surface area (Å²) in [7, 11) is 0. The zero-order valence-electron chi connectivity index (χ0n) is 10.5. The van der Waals surface area contributed by atoms with Gasteiger partial charge in [-0.15, -0.1) is 0 Å². The summed E-state index contributed by atoms with van der Waals surface area (Å²) in [5.74, 6) is -0.238. The first-order chi connectivity index (χ1) is 9.15. The van der Waals surface area contributed by atoms with Crippen LogP contribution in [0.3, 0.4) is 0 Å². The number of carbonyl (C=O) groups is 1. The van der Waals surface area contributed by atoms with E-state index in [9.17, 15) is 4.79 Å². The first-order valence-electron chi connectivity index (χ1n) is 5.90. The highest BCUT2D eigenvalue weighted by Crippen LogP contribution is 2.05. The van der Waals surface area contributed by atoms with E-state index >= 15 is 0 Å². The van der Waals surface area contributed by atoms with Gasteiger partial charge >= 0.3 is 0 Å². The molecular weight excluding hydrogens is 266 g/mol. The van der Waals surface area contributed by atoms with Crippen molar-refractivity contribution in [3.8, 4) is 0 Å². The lowest BCUT2D eigenvalue weighted by atomic mass is 10.3. The van der Waals surface area contributed by atoms with E-state index in [-0.39, 0.29) is 11.2 Å². The summed E-state index contributed by atoms with van der Waals surface area (Å²) in [5, 5.41) is 2.88. The average Bonchev–Trinajstić information content (AvgIpc) is 2.86. The second-order valence-electron chi connectivity index (χ2n) is 4.07. The second kappa shape index (κ2) is 6.29. The number of nitrogens with zero attached hydrogens (tertiary/aromatic N) is 4. The van der Waals surface area contributed by atoms with Gasteiger partial charge in [-0.25, -0.2) is 15.0 Å². The molecule has 100 valence electrons. The van der Waals surface area contributed by atoms with Crippen molar-refractivity contribution < 1.29 is 4.79 Å². The first kappa shape index (κ1) is 13.5. The molecule has 0 atom stereocenters. The van der Waals surface area contributed by atoms with Crippen LogP contribution in [-0.2, 0) is 6.54 Å². The molecule has 0 aliphatic rings. The maximum Gasteiger partial charge on any atom is 0.270 e. The summed E-state index contributed by atoms with van der Waals surface area (Å²) >= 11 is 5.71. The fraction of sp³-hybridized carbons (Fsp3) is 0.333. The highest BCUT2D eigenvalue weighted by atomic mass is 35.5. The van der Waals surface area contributed by atoms with Gasteiger partial charge in [-0.1, -0.05) is 0 Å². The monoisotopic (exact) mass is 279 g/mol. The third-order valence-corrected chi connectivity index (χ3v) is 2.67. The van der Waals surface area contributed by atoms with Gasteiger partial charge in [0.15, 0.2) is 0 Å². The average molecular weight is 280 g/mol. The van der Waals surface area contributed by atoms with Crippen molar-refractivity contribution in [2.75, 3.05) is 6.54 Å². The number of carbonyl (C=O) groups excluding carboxylic acids is 1. The number of amides is 1. The van der Waals surface area contributed by atoms with Gasteiger partial charge in [-0.2, -0.15) is 0 Å². The van der Waals surface area contributed by atoms with Crippen molar-refractivity contribution in [3.05, 3.63) is 41.5 Å². The van der Waals surface area contributed by atoms with E-state index in [0.29, 0.717) is 17.9 Å². The molecule has 1 amide bonds. The van der Waals surface area contributed by atoms with Crippen LogP contribution in [0.5, 0.6) is 0 Å². The number of hydrogen-bond acceptors (Lipinski definition) is 4. The Balaban J connectivity index is 1.80. The lowest BCUT2D eigenvalue weighted by Crippen LogP contribution is -2.26. The molecular formula is C12H14ClN5O. The summed E-state index contributed by atoms with van der Waals surface area (Å²) in [6, 6.07) is 1.61. The molecule has 7 heteroatoms. The van der Waals surface area contributed by atoms with E-state index < -0.39 is 0 Å². The van der Waals surface area contributed by atoms with Gasteiger partial charge in [-0.3, -0.25) is 4.79 Å². The van der Waals surface area contributed by atoms with E-state index in [1.54, 1.807) is 25.5 Å². The van der Waals surface area contributed by atoms with Crippen molar-refractivity contribution in [2.24, 2.45) is 0 Å². The molecule has 0 aliphatic carbocycles. The molecule has 0 saturated carbocycles. The van der Waals surface area contributed by atoms with Crippen LogP contribution in [0.2, 0.25) is 5.28 Å². The molecule has 0 aliphatic heterocycles. The summed E-state index contributed by atoms with van der Waals surface area (Å²) in [5.41, 5.74) is 0.962. The smallest absolute Gasteiger partial charge is 0.270 e. The minimum Gasteiger partial charge on any atom is -0.351 e. The molecule has 2 aromatic heterocycles. The van der Waals surface area contributed by atoms with Gasteiger partial charge < -0.3 is 9.88 Å². The Bertz CT molecular complexity index is 535. The van der Waals surface area contributed by atoms with Crippen LogP contribution < -0.4 is 5.32 Å². The molecule has 0 bridgehead atoms. The van der Waals surface area contributed by atoms with Gasteiger partial charge in [0.2, 0.25) is 5.28 Å².